The standard InChI is InChI=1S/C11H16O2S/c1-9-2-4-10(5-3-9)7-14-8-11(13)6-12/h2-5,11-13H,6-8H2,1H3/t11-/m0/s1. The van der Waals surface area contributed by atoms with Crippen LogP contribution in [0, 0.1) is 6.92 Å². The van der Waals surface area contributed by atoms with Crippen molar-refractivity contribution in [2.75, 3.05) is 12.4 Å². The van der Waals surface area contributed by atoms with E-state index >= 15 is 0 Å². The van der Waals surface area contributed by atoms with Gasteiger partial charge >= 0.3 is 0 Å². The molecule has 2 nitrogen and oxygen atoms in total. The molecule has 1 aromatic carbocycles. The van der Waals surface area contributed by atoms with E-state index in [0.717, 1.165) is 5.75 Å². The number of benzene rings is 1. The van der Waals surface area contributed by atoms with Gasteiger partial charge in [0, 0.05) is 11.5 Å². The van der Waals surface area contributed by atoms with E-state index in [4.69, 9.17) is 10.2 Å². The lowest BCUT2D eigenvalue weighted by molar-refractivity contribution is 0.113. The second-order valence-corrected chi connectivity index (χ2v) is 4.37. The first-order chi connectivity index (χ1) is 6.72. The second kappa shape index (κ2) is 6.06. The Morgan fingerprint density at radius 2 is 1.93 bits per heavy atom. The molecule has 0 aliphatic carbocycles. The van der Waals surface area contributed by atoms with Crippen molar-refractivity contribution in [1.82, 2.24) is 0 Å². The van der Waals surface area contributed by atoms with Crippen molar-refractivity contribution in [2.45, 2.75) is 18.8 Å². The van der Waals surface area contributed by atoms with Crippen molar-refractivity contribution in [3.8, 4) is 0 Å². The Morgan fingerprint density at radius 3 is 2.50 bits per heavy atom. The lowest BCUT2D eigenvalue weighted by Crippen LogP contribution is -2.14. The van der Waals surface area contributed by atoms with Gasteiger partial charge in [0.15, 0.2) is 0 Å². The van der Waals surface area contributed by atoms with Crippen LogP contribution in [0.3, 0.4) is 0 Å². The molecule has 0 saturated heterocycles. The Hall–Kier alpha value is -0.510. The molecule has 1 aromatic rings. The van der Waals surface area contributed by atoms with Gasteiger partial charge in [0.05, 0.1) is 12.7 Å². The van der Waals surface area contributed by atoms with Crippen molar-refractivity contribution in [2.24, 2.45) is 0 Å². The van der Waals surface area contributed by atoms with Gasteiger partial charge in [-0.2, -0.15) is 11.8 Å². The molecule has 0 aliphatic rings. The molecule has 0 unspecified atom stereocenters. The number of aryl methyl sites for hydroxylation is 1. The van der Waals surface area contributed by atoms with Crippen LogP contribution in [-0.4, -0.2) is 28.7 Å². The molecule has 3 heteroatoms. The summed E-state index contributed by atoms with van der Waals surface area (Å²) in [5, 5.41) is 17.7. The van der Waals surface area contributed by atoms with Crippen LogP contribution in [0.25, 0.3) is 0 Å². The first-order valence-electron chi connectivity index (χ1n) is 4.64. The highest BCUT2D eigenvalue weighted by molar-refractivity contribution is 7.98. The molecule has 1 atom stereocenters. The fraction of sp³-hybridized carbons (Fsp3) is 0.455. The summed E-state index contributed by atoms with van der Waals surface area (Å²) in [6, 6.07) is 8.35. The zero-order chi connectivity index (χ0) is 10.4. The predicted octanol–water partition coefficient (Wildman–Crippen LogP) is 1.58. The highest BCUT2D eigenvalue weighted by atomic mass is 32.2. The molecule has 2 N–H and O–H groups in total. The molecular weight excluding hydrogens is 196 g/mol. The molecule has 0 radical (unpaired) electrons. The summed E-state index contributed by atoms with van der Waals surface area (Å²) in [7, 11) is 0. The molecule has 78 valence electrons. The minimum atomic E-state index is -0.592. The van der Waals surface area contributed by atoms with Crippen LogP contribution >= 0.6 is 11.8 Å². The van der Waals surface area contributed by atoms with Gasteiger partial charge in [0.25, 0.3) is 0 Å². The zero-order valence-corrected chi connectivity index (χ0v) is 9.13. The monoisotopic (exact) mass is 212 g/mol. The van der Waals surface area contributed by atoms with Crippen LogP contribution in [-0.2, 0) is 5.75 Å². The molecule has 0 aliphatic heterocycles. The third-order valence-electron chi connectivity index (χ3n) is 1.91. The maximum Gasteiger partial charge on any atom is 0.0861 e. The summed E-state index contributed by atoms with van der Waals surface area (Å²) in [4.78, 5) is 0. The van der Waals surface area contributed by atoms with E-state index in [0.29, 0.717) is 5.75 Å². The molecular formula is C11H16O2S. The van der Waals surface area contributed by atoms with E-state index < -0.39 is 6.10 Å². The average molecular weight is 212 g/mol. The highest BCUT2D eigenvalue weighted by Crippen LogP contribution is 2.13. The number of thioether (sulfide) groups is 1. The summed E-state index contributed by atoms with van der Waals surface area (Å²) in [6.45, 7) is 1.91. The average Bonchev–Trinajstić information content (AvgIpc) is 2.21. The van der Waals surface area contributed by atoms with Gasteiger partial charge in [-0.25, -0.2) is 0 Å². The van der Waals surface area contributed by atoms with Crippen molar-refractivity contribution in [3.05, 3.63) is 35.4 Å². The number of hydrogen-bond acceptors (Lipinski definition) is 3. The Kier molecular flexibility index (Phi) is 5.01. The van der Waals surface area contributed by atoms with E-state index in [1.54, 1.807) is 11.8 Å². The molecule has 0 bridgehead atoms. The third kappa shape index (κ3) is 4.13. The maximum atomic E-state index is 9.11. The molecule has 0 heterocycles. The second-order valence-electron chi connectivity index (χ2n) is 3.34. The Labute approximate surface area is 89.0 Å². The van der Waals surface area contributed by atoms with Crippen molar-refractivity contribution < 1.29 is 10.2 Å². The molecule has 0 saturated carbocycles. The van der Waals surface area contributed by atoms with Gasteiger partial charge in [0.1, 0.15) is 0 Å². The van der Waals surface area contributed by atoms with Crippen LogP contribution in [0.2, 0.25) is 0 Å². The summed E-state index contributed by atoms with van der Waals surface area (Å²) in [5.41, 5.74) is 2.51. The van der Waals surface area contributed by atoms with Gasteiger partial charge in [-0.3, -0.25) is 0 Å². The van der Waals surface area contributed by atoms with Crippen LogP contribution in [0.4, 0.5) is 0 Å². The fourth-order valence-corrected chi connectivity index (χ4v) is 1.97. The van der Waals surface area contributed by atoms with Crippen LogP contribution in [0.1, 0.15) is 11.1 Å². The maximum absolute atomic E-state index is 9.11. The largest absolute Gasteiger partial charge is 0.394 e. The van der Waals surface area contributed by atoms with E-state index in [9.17, 15) is 0 Å². The highest BCUT2D eigenvalue weighted by Gasteiger charge is 2.01. The number of aliphatic hydroxyl groups is 2. The molecule has 0 aromatic heterocycles. The van der Waals surface area contributed by atoms with Crippen LogP contribution < -0.4 is 0 Å². The summed E-state index contributed by atoms with van der Waals surface area (Å²) < 4.78 is 0. The number of aliphatic hydroxyl groups excluding tert-OH is 2. The van der Waals surface area contributed by atoms with Crippen molar-refractivity contribution in [3.63, 3.8) is 0 Å². The zero-order valence-electron chi connectivity index (χ0n) is 8.31. The van der Waals surface area contributed by atoms with E-state index in [1.807, 2.05) is 0 Å². The van der Waals surface area contributed by atoms with Gasteiger partial charge in [-0.1, -0.05) is 29.8 Å². The summed E-state index contributed by atoms with van der Waals surface area (Å²) in [5.74, 6) is 1.47. The minimum Gasteiger partial charge on any atom is -0.394 e. The van der Waals surface area contributed by atoms with E-state index in [1.165, 1.54) is 11.1 Å². The Balaban J connectivity index is 2.28. The van der Waals surface area contributed by atoms with Gasteiger partial charge in [0.2, 0.25) is 0 Å². The Morgan fingerprint density at radius 1 is 1.29 bits per heavy atom. The summed E-state index contributed by atoms with van der Waals surface area (Å²) in [6.07, 6.45) is -0.592. The number of rotatable bonds is 5. The molecule has 0 spiro atoms. The smallest absolute Gasteiger partial charge is 0.0861 e. The lowest BCUT2D eigenvalue weighted by atomic mass is 10.2. The SMILES string of the molecule is Cc1ccc(CSC[C@@H](O)CO)cc1. The molecule has 0 amide bonds. The molecule has 14 heavy (non-hydrogen) atoms. The first-order valence-corrected chi connectivity index (χ1v) is 5.80. The Bertz CT molecular complexity index is 258. The predicted molar refractivity (Wildman–Crippen MR) is 60.4 cm³/mol. The van der Waals surface area contributed by atoms with Gasteiger partial charge in [-0.15, -0.1) is 0 Å². The lowest BCUT2D eigenvalue weighted by Gasteiger charge is -2.06. The van der Waals surface area contributed by atoms with E-state index in [2.05, 4.69) is 31.2 Å². The summed E-state index contributed by atoms with van der Waals surface area (Å²) >= 11 is 1.63. The quantitative estimate of drug-likeness (QED) is 0.778. The normalized spacial score (nSPS) is 12.8. The van der Waals surface area contributed by atoms with Gasteiger partial charge in [-0.05, 0) is 12.5 Å². The fourth-order valence-electron chi connectivity index (χ4n) is 1.05. The number of hydrogen-bond donors (Lipinski definition) is 2. The van der Waals surface area contributed by atoms with Crippen LogP contribution in [0.15, 0.2) is 24.3 Å². The minimum absolute atomic E-state index is 0.152. The van der Waals surface area contributed by atoms with Crippen molar-refractivity contribution in [1.29, 1.82) is 0 Å². The third-order valence-corrected chi connectivity index (χ3v) is 3.07. The first kappa shape index (κ1) is 11.6. The van der Waals surface area contributed by atoms with Crippen LogP contribution in [0.5, 0.6) is 0 Å². The van der Waals surface area contributed by atoms with Gasteiger partial charge < -0.3 is 10.2 Å². The van der Waals surface area contributed by atoms with E-state index in [-0.39, 0.29) is 6.61 Å². The topological polar surface area (TPSA) is 40.5 Å². The molecule has 0 fully saturated rings. The molecule has 1 rings (SSSR count). The van der Waals surface area contributed by atoms with Crippen molar-refractivity contribution >= 4 is 11.8 Å².